The molecule has 2 aliphatic rings. The lowest BCUT2D eigenvalue weighted by atomic mass is 10.2. The van der Waals surface area contributed by atoms with E-state index in [0.717, 1.165) is 9.80 Å². The maximum absolute atomic E-state index is 12.2. The van der Waals surface area contributed by atoms with Gasteiger partial charge in [0.05, 0.1) is 6.54 Å². The van der Waals surface area contributed by atoms with E-state index in [0.29, 0.717) is 34.7 Å². The van der Waals surface area contributed by atoms with Crippen LogP contribution in [0, 0.1) is 0 Å². The normalized spacial score (nSPS) is 17.0. The van der Waals surface area contributed by atoms with Crippen LogP contribution in [0.5, 0.6) is 11.5 Å². The van der Waals surface area contributed by atoms with Gasteiger partial charge in [-0.2, -0.15) is 0 Å². The second-order valence-electron chi connectivity index (χ2n) is 4.97. The molecule has 0 N–H and O–H groups in total. The number of hydrogen-bond acceptors (Lipinski definition) is 5. The molecule has 0 aromatic heterocycles. The fourth-order valence-electron chi connectivity index (χ4n) is 2.38. The first-order valence-corrected chi connectivity index (χ1v) is 7.68. The van der Waals surface area contributed by atoms with Crippen LogP contribution in [0.15, 0.2) is 29.3 Å². The molecule has 0 bridgehead atoms. The van der Waals surface area contributed by atoms with Gasteiger partial charge in [-0.1, -0.05) is 22.0 Å². The molecule has 7 nitrogen and oxygen atoms in total. The number of amides is 4. The highest BCUT2D eigenvalue weighted by molar-refractivity contribution is 9.10. The van der Waals surface area contributed by atoms with E-state index in [-0.39, 0.29) is 13.1 Å². The summed E-state index contributed by atoms with van der Waals surface area (Å²) >= 11 is 3.38. The van der Waals surface area contributed by atoms with Gasteiger partial charge >= 0.3 is 17.8 Å². The van der Waals surface area contributed by atoms with Gasteiger partial charge in [0.1, 0.15) is 13.2 Å². The number of rotatable bonds is 4. The summed E-state index contributed by atoms with van der Waals surface area (Å²) in [4.78, 5) is 37.8. The summed E-state index contributed by atoms with van der Waals surface area (Å²) < 4.78 is 11.6. The molecule has 2 heterocycles. The smallest absolute Gasteiger partial charge is 0.334 e. The fraction of sp³-hybridized carbons (Fsp3) is 0.267. The molecular weight excluding hydrogens is 368 g/mol. The van der Waals surface area contributed by atoms with Gasteiger partial charge in [0.2, 0.25) is 0 Å². The Bertz CT molecular complexity index is 718. The molecule has 0 aliphatic carbocycles. The van der Waals surface area contributed by atoms with Crippen LogP contribution in [0.2, 0.25) is 0 Å². The summed E-state index contributed by atoms with van der Waals surface area (Å²) in [7, 11) is 0. The zero-order valence-electron chi connectivity index (χ0n) is 12.1. The summed E-state index contributed by atoms with van der Waals surface area (Å²) in [5.41, 5.74) is 0.643. The van der Waals surface area contributed by atoms with Gasteiger partial charge in [-0.25, -0.2) is 4.79 Å². The minimum absolute atomic E-state index is 0.00220. The average Bonchev–Trinajstić information content (AvgIpc) is 2.73. The fourth-order valence-corrected chi connectivity index (χ4v) is 2.83. The summed E-state index contributed by atoms with van der Waals surface area (Å²) in [6.07, 6.45) is 1.40. The van der Waals surface area contributed by atoms with Crippen molar-refractivity contribution in [2.75, 3.05) is 19.8 Å². The van der Waals surface area contributed by atoms with Crippen LogP contribution in [-0.4, -0.2) is 47.4 Å². The number of carbonyl (C=O) groups is 3. The number of hydrogen-bond donors (Lipinski definition) is 0. The highest BCUT2D eigenvalue weighted by Crippen LogP contribution is 2.36. The van der Waals surface area contributed by atoms with Gasteiger partial charge < -0.3 is 9.47 Å². The quantitative estimate of drug-likeness (QED) is 0.451. The molecule has 1 saturated heterocycles. The topological polar surface area (TPSA) is 76.2 Å². The number of urea groups is 1. The largest absolute Gasteiger partial charge is 0.486 e. The Morgan fingerprint density at radius 1 is 1.09 bits per heavy atom. The molecule has 120 valence electrons. The van der Waals surface area contributed by atoms with Crippen molar-refractivity contribution >= 4 is 33.8 Å². The first-order chi connectivity index (χ1) is 11.0. The first kappa shape index (κ1) is 15.5. The van der Waals surface area contributed by atoms with E-state index in [1.165, 1.54) is 6.08 Å². The van der Waals surface area contributed by atoms with Crippen molar-refractivity contribution in [3.63, 3.8) is 0 Å². The highest BCUT2D eigenvalue weighted by Gasteiger charge is 2.43. The third-order valence-electron chi connectivity index (χ3n) is 3.49. The van der Waals surface area contributed by atoms with E-state index in [2.05, 4.69) is 22.5 Å². The maximum atomic E-state index is 12.2. The highest BCUT2D eigenvalue weighted by atomic mass is 79.9. The molecule has 0 spiro atoms. The monoisotopic (exact) mass is 380 g/mol. The van der Waals surface area contributed by atoms with Gasteiger partial charge in [0.15, 0.2) is 11.5 Å². The molecule has 0 unspecified atom stereocenters. The summed E-state index contributed by atoms with van der Waals surface area (Å²) in [6, 6.07) is 2.76. The molecule has 0 atom stereocenters. The molecule has 1 aromatic carbocycles. The van der Waals surface area contributed by atoms with Crippen LogP contribution >= 0.6 is 15.9 Å². The van der Waals surface area contributed by atoms with Crippen LogP contribution in [0.1, 0.15) is 5.56 Å². The van der Waals surface area contributed by atoms with Crippen LogP contribution in [-0.2, 0) is 16.1 Å². The molecule has 1 aromatic rings. The van der Waals surface area contributed by atoms with E-state index >= 15 is 0 Å². The third-order valence-corrected chi connectivity index (χ3v) is 4.22. The van der Waals surface area contributed by atoms with Crippen molar-refractivity contribution in [2.24, 2.45) is 0 Å². The Morgan fingerprint density at radius 3 is 2.35 bits per heavy atom. The number of nitrogens with zero attached hydrogens (tertiary/aromatic N) is 2. The van der Waals surface area contributed by atoms with Gasteiger partial charge in [0, 0.05) is 11.0 Å². The van der Waals surface area contributed by atoms with Gasteiger partial charge in [-0.05, 0) is 17.7 Å². The molecule has 4 amide bonds. The number of halogens is 1. The predicted molar refractivity (Wildman–Crippen MR) is 83.0 cm³/mol. The van der Waals surface area contributed by atoms with Crippen molar-refractivity contribution in [3.8, 4) is 11.5 Å². The standard InChI is InChI=1S/C15H13BrN2O5/c1-2-3-17-13(19)14(20)18(15(17)21)8-9-6-11-12(7-10(9)16)23-5-4-22-11/h2,6-7H,1,3-5,8H2. The Labute approximate surface area is 140 Å². The summed E-state index contributed by atoms with van der Waals surface area (Å²) in [5, 5.41) is 0. The lowest BCUT2D eigenvalue weighted by molar-refractivity contribution is -0.143. The molecule has 23 heavy (non-hydrogen) atoms. The van der Waals surface area contributed by atoms with Gasteiger partial charge in [-0.3, -0.25) is 19.4 Å². The Balaban J connectivity index is 1.87. The Morgan fingerprint density at radius 2 is 1.70 bits per heavy atom. The second-order valence-corrected chi connectivity index (χ2v) is 5.82. The third kappa shape index (κ3) is 2.70. The molecular formula is C15H13BrN2O5. The van der Waals surface area contributed by atoms with Crippen molar-refractivity contribution in [1.29, 1.82) is 0 Å². The molecule has 0 saturated carbocycles. The summed E-state index contributed by atoms with van der Waals surface area (Å²) in [6.45, 7) is 4.34. The first-order valence-electron chi connectivity index (χ1n) is 6.89. The number of imide groups is 2. The zero-order valence-corrected chi connectivity index (χ0v) is 13.7. The molecule has 8 heteroatoms. The summed E-state index contributed by atoms with van der Waals surface area (Å²) in [5.74, 6) is -0.555. The lowest BCUT2D eigenvalue weighted by Crippen LogP contribution is -2.33. The van der Waals surface area contributed by atoms with E-state index in [4.69, 9.17) is 9.47 Å². The zero-order chi connectivity index (χ0) is 16.6. The Hall–Kier alpha value is -2.35. The van der Waals surface area contributed by atoms with Crippen LogP contribution < -0.4 is 9.47 Å². The minimum atomic E-state index is -0.848. The average molecular weight is 381 g/mol. The molecule has 3 rings (SSSR count). The van der Waals surface area contributed by atoms with Crippen molar-refractivity contribution < 1.29 is 23.9 Å². The predicted octanol–water partition coefficient (Wildman–Crippen LogP) is 1.70. The molecule has 0 radical (unpaired) electrons. The maximum Gasteiger partial charge on any atom is 0.334 e. The van der Waals surface area contributed by atoms with Crippen LogP contribution in [0.4, 0.5) is 4.79 Å². The van der Waals surface area contributed by atoms with E-state index in [9.17, 15) is 14.4 Å². The van der Waals surface area contributed by atoms with Gasteiger partial charge in [0.25, 0.3) is 0 Å². The van der Waals surface area contributed by atoms with Gasteiger partial charge in [-0.15, -0.1) is 6.58 Å². The minimum Gasteiger partial charge on any atom is -0.486 e. The van der Waals surface area contributed by atoms with Crippen LogP contribution in [0.25, 0.3) is 0 Å². The van der Waals surface area contributed by atoms with E-state index < -0.39 is 17.8 Å². The number of carbonyl (C=O) groups excluding carboxylic acids is 3. The Kier molecular flexibility index (Phi) is 4.08. The number of ether oxygens (including phenoxy) is 2. The van der Waals surface area contributed by atoms with E-state index in [1.54, 1.807) is 12.1 Å². The van der Waals surface area contributed by atoms with E-state index in [1.807, 2.05) is 0 Å². The van der Waals surface area contributed by atoms with Crippen molar-refractivity contribution in [2.45, 2.75) is 6.54 Å². The number of fused-ring (bicyclic) bond motifs is 1. The number of benzene rings is 1. The molecule has 2 aliphatic heterocycles. The molecule has 1 fully saturated rings. The van der Waals surface area contributed by atoms with Crippen molar-refractivity contribution in [1.82, 2.24) is 9.80 Å². The lowest BCUT2D eigenvalue weighted by Gasteiger charge is -2.21. The van der Waals surface area contributed by atoms with Crippen molar-refractivity contribution in [3.05, 3.63) is 34.8 Å². The second kappa shape index (κ2) is 6.04. The SMILES string of the molecule is C=CCN1C(=O)C(=O)N(Cc2cc3c(cc2Br)OCCO3)C1=O. The van der Waals surface area contributed by atoms with Crippen LogP contribution in [0.3, 0.4) is 0 Å².